The zero-order chi connectivity index (χ0) is 16.6. The van der Waals surface area contributed by atoms with Gasteiger partial charge in [0, 0.05) is 5.69 Å². The maximum Gasteiger partial charge on any atom is 0.243 e. The quantitative estimate of drug-likeness (QED) is 0.526. The van der Waals surface area contributed by atoms with Crippen LogP contribution >= 0.6 is 12.4 Å². The zero-order valence-corrected chi connectivity index (χ0v) is 14.3. The number of amides is 2. The number of carbonyl (C=O) groups is 2. The third kappa shape index (κ3) is 8.38. The summed E-state index contributed by atoms with van der Waals surface area (Å²) < 4.78 is 25.8. The Morgan fingerprint density at radius 1 is 1.17 bits per heavy atom. The molecule has 0 aliphatic heterocycles. The van der Waals surface area contributed by atoms with E-state index in [1.165, 1.54) is 6.07 Å². The second-order valence-corrected chi connectivity index (χ2v) is 6.37. The first-order valence-electron chi connectivity index (χ1n) is 6.73. The van der Waals surface area contributed by atoms with Crippen LogP contribution in [0.1, 0.15) is 13.3 Å². The van der Waals surface area contributed by atoms with Crippen LogP contribution in [0.5, 0.6) is 0 Å². The van der Waals surface area contributed by atoms with E-state index in [0.717, 1.165) is 0 Å². The largest absolute Gasteiger partial charge is 0.346 e. The van der Waals surface area contributed by atoms with Crippen molar-refractivity contribution in [2.24, 2.45) is 5.73 Å². The SMILES string of the molecule is CCCS(=O)(=O)Nc1cccc(NC(=O)CNC(=O)CN)c1.Cl. The molecule has 130 valence electrons. The maximum absolute atomic E-state index is 11.7. The molecule has 8 nitrogen and oxygen atoms in total. The fourth-order valence-corrected chi connectivity index (χ4v) is 2.74. The summed E-state index contributed by atoms with van der Waals surface area (Å²) in [7, 11) is -3.39. The Balaban J connectivity index is 0.00000484. The van der Waals surface area contributed by atoms with Gasteiger partial charge in [-0.1, -0.05) is 13.0 Å². The van der Waals surface area contributed by atoms with Crippen LogP contribution in [-0.4, -0.2) is 39.1 Å². The van der Waals surface area contributed by atoms with Gasteiger partial charge in [-0.25, -0.2) is 8.42 Å². The molecule has 23 heavy (non-hydrogen) atoms. The monoisotopic (exact) mass is 364 g/mol. The lowest BCUT2D eigenvalue weighted by Crippen LogP contribution is -2.36. The molecular weight excluding hydrogens is 344 g/mol. The van der Waals surface area contributed by atoms with E-state index in [4.69, 9.17) is 5.73 Å². The highest BCUT2D eigenvalue weighted by molar-refractivity contribution is 7.92. The van der Waals surface area contributed by atoms with E-state index >= 15 is 0 Å². The minimum atomic E-state index is -3.39. The summed E-state index contributed by atoms with van der Waals surface area (Å²) in [5.41, 5.74) is 5.88. The molecule has 0 saturated heterocycles. The van der Waals surface area contributed by atoms with E-state index in [-0.39, 0.29) is 31.2 Å². The molecule has 0 spiro atoms. The van der Waals surface area contributed by atoms with Crippen LogP contribution in [0.4, 0.5) is 11.4 Å². The summed E-state index contributed by atoms with van der Waals surface area (Å²) in [6.45, 7) is 1.37. The van der Waals surface area contributed by atoms with Gasteiger partial charge in [0.05, 0.1) is 24.5 Å². The van der Waals surface area contributed by atoms with Crippen molar-refractivity contribution in [2.75, 3.05) is 28.9 Å². The van der Waals surface area contributed by atoms with E-state index in [2.05, 4.69) is 15.4 Å². The van der Waals surface area contributed by atoms with E-state index in [9.17, 15) is 18.0 Å². The smallest absolute Gasteiger partial charge is 0.243 e. The summed E-state index contributed by atoms with van der Waals surface area (Å²) in [6.07, 6.45) is 0.507. The summed E-state index contributed by atoms with van der Waals surface area (Å²) in [6, 6.07) is 6.30. The van der Waals surface area contributed by atoms with E-state index in [1.807, 2.05) is 0 Å². The maximum atomic E-state index is 11.7. The second kappa shape index (κ2) is 10.0. The first-order chi connectivity index (χ1) is 10.4. The normalized spacial score (nSPS) is 10.3. The molecule has 2 amide bonds. The molecule has 0 fully saturated rings. The van der Waals surface area contributed by atoms with Crippen LogP contribution in [0.25, 0.3) is 0 Å². The standard InChI is InChI=1S/C13H20N4O4S.ClH/c1-2-6-22(20,21)17-11-5-3-4-10(7-11)16-13(19)9-15-12(18)8-14;/h3-5,7,17H,2,6,8-9,14H2,1H3,(H,15,18)(H,16,19);1H. The van der Waals surface area contributed by atoms with Gasteiger partial charge >= 0.3 is 0 Å². The molecule has 0 bridgehead atoms. The minimum Gasteiger partial charge on any atom is -0.346 e. The summed E-state index contributed by atoms with van der Waals surface area (Å²) in [5.74, 6) is -0.846. The number of sulfonamides is 1. The average Bonchev–Trinajstić information content (AvgIpc) is 2.44. The molecular formula is C13H21ClN4O4S. The Morgan fingerprint density at radius 3 is 2.43 bits per heavy atom. The summed E-state index contributed by atoms with van der Waals surface area (Å²) in [4.78, 5) is 22.6. The number of benzene rings is 1. The van der Waals surface area contributed by atoms with Crippen LogP contribution in [0.15, 0.2) is 24.3 Å². The Hall–Kier alpha value is -1.84. The van der Waals surface area contributed by atoms with Crippen molar-refractivity contribution in [3.8, 4) is 0 Å². The molecule has 1 aromatic carbocycles. The zero-order valence-electron chi connectivity index (χ0n) is 12.7. The molecule has 0 aliphatic carbocycles. The average molecular weight is 365 g/mol. The van der Waals surface area contributed by atoms with Crippen molar-refractivity contribution in [1.82, 2.24) is 5.32 Å². The number of halogens is 1. The van der Waals surface area contributed by atoms with E-state index in [1.54, 1.807) is 25.1 Å². The van der Waals surface area contributed by atoms with Crippen LogP contribution in [-0.2, 0) is 19.6 Å². The van der Waals surface area contributed by atoms with Crippen molar-refractivity contribution in [3.63, 3.8) is 0 Å². The Labute approximate surface area is 141 Å². The van der Waals surface area contributed by atoms with Crippen molar-refractivity contribution < 1.29 is 18.0 Å². The lowest BCUT2D eigenvalue weighted by molar-refractivity contribution is -0.123. The van der Waals surface area contributed by atoms with Crippen molar-refractivity contribution in [2.45, 2.75) is 13.3 Å². The Kier molecular flexibility index (Phi) is 9.23. The fraction of sp³-hybridized carbons (Fsp3) is 0.385. The minimum absolute atomic E-state index is 0. The number of nitrogens with two attached hydrogens (primary N) is 1. The van der Waals surface area contributed by atoms with Crippen molar-refractivity contribution in [3.05, 3.63) is 24.3 Å². The number of anilines is 2. The summed E-state index contributed by atoms with van der Waals surface area (Å²) in [5, 5.41) is 4.88. The highest BCUT2D eigenvalue weighted by atomic mass is 35.5. The lowest BCUT2D eigenvalue weighted by Gasteiger charge is -2.10. The van der Waals surface area contributed by atoms with Gasteiger partial charge in [0.2, 0.25) is 21.8 Å². The molecule has 0 unspecified atom stereocenters. The summed E-state index contributed by atoms with van der Waals surface area (Å²) >= 11 is 0. The van der Waals surface area contributed by atoms with Crippen LogP contribution in [0, 0.1) is 0 Å². The predicted molar refractivity (Wildman–Crippen MR) is 92.1 cm³/mol. The van der Waals surface area contributed by atoms with Gasteiger partial charge in [0.25, 0.3) is 0 Å². The van der Waals surface area contributed by atoms with Gasteiger partial charge in [-0.2, -0.15) is 0 Å². The van der Waals surface area contributed by atoms with Gasteiger partial charge in [-0.3, -0.25) is 14.3 Å². The Morgan fingerprint density at radius 2 is 1.83 bits per heavy atom. The third-order valence-electron chi connectivity index (χ3n) is 2.52. The van der Waals surface area contributed by atoms with Crippen molar-refractivity contribution in [1.29, 1.82) is 0 Å². The van der Waals surface area contributed by atoms with E-state index in [0.29, 0.717) is 17.8 Å². The van der Waals surface area contributed by atoms with Gasteiger partial charge in [0.1, 0.15) is 0 Å². The first kappa shape index (κ1) is 21.2. The van der Waals surface area contributed by atoms with Gasteiger partial charge in [-0.05, 0) is 24.6 Å². The molecule has 0 aromatic heterocycles. The molecule has 0 saturated carbocycles. The third-order valence-corrected chi connectivity index (χ3v) is 4.02. The highest BCUT2D eigenvalue weighted by Crippen LogP contribution is 2.16. The van der Waals surface area contributed by atoms with Crippen LogP contribution in [0.2, 0.25) is 0 Å². The van der Waals surface area contributed by atoms with Crippen LogP contribution in [0.3, 0.4) is 0 Å². The molecule has 0 radical (unpaired) electrons. The van der Waals surface area contributed by atoms with Gasteiger partial charge < -0.3 is 16.4 Å². The molecule has 0 aliphatic rings. The number of carbonyl (C=O) groups excluding carboxylic acids is 2. The van der Waals surface area contributed by atoms with Gasteiger partial charge in [0.15, 0.2) is 0 Å². The predicted octanol–water partition coefficient (Wildman–Crippen LogP) is 0.274. The first-order valence-corrected chi connectivity index (χ1v) is 8.38. The topological polar surface area (TPSA) is 130 Å². The number of hydrogen-bond acceptors (Lipinski definition) is 5. The molecule has 0 heterocycles. The fourth-order valence-electron chi connectivity index (χ4n) is 1.62. The number of nitrogens with one attached hydrogen (secondary N) is 3. The molecule has 1 aromatic rings. The second-order valence-electron chi connectivity index (χ2n) is 4.53. The molecule has 1 rings (SSSR count). The Bertz CT molecular complexity index is 637. The lowest BCUT2D eigenvalue weighted by atomic mass is 10.3. The molecule has 10 heteroatoms. The number of rotatable bonds is 8. The van der Waals surface area contributed by atoms with E-state index < -0.39 is 21.8 Å². The van der Waals surface area contributed by atoms with Gasteiger partial charge in [-0.15, -0.1) is 12.4 Å². The van der Waals surface area contributed by atoms with Crippen LogP contribution < -0.4 is 21.1 Å². The van der Waals surface area contributed by atoms with Crippen molar-refractivity contribution >= 4 is 45.6 Å². The molecule has 5 N–H and O–H groups in total. The highest BCUT2D eigenvalue weighted by Gasteiger charge is 2.10. The molecule has 0 atom stereocenters. The number of hydrogen-bond donors (Lipinski definition) is 4.